The van der Waals surface area contributed by atoms with Crippen LogP contribution >= 0.6 is 7.82 Å². The highest BCUT2D eigenvalue weighted by atomic mass is 31.2. The molecule has 1 unspecified atom stereocenters. The smallest absolute Gasteiger partial charge is 0.306 e. The molecular formula is C13H28NO12P. The van der Waals surface area contributed by atoms with E-state index >= 15 is 0 Å². The molecule has 1 aliphatic rings. The minimum absolute atomic E-state index is 0.171. The fourth-order valence-corrected chi connectivity index (χ4v) is 2.62. The van der Waals surface area contributed by atoms with Gasteiger partial charge in [-0.3, -0.25) is 13.9 Å². The molecular weight excluding hydrogens is 393 g/mol. The van der Waals surface area contributed by atoms with Crippen molar-refractivity contribution in [2.24, 2.45) is 0 Å². The van der Waals surface area contributed by atoms with E-state index in [0.29, 0.717) is 11.0 Å². The number of aliphatic carboxylic acids is 1. The molecule has 0 radical (unpaired) electrons. The van der Waals surface area contributed by atoms with E-state index in [9.17, 15) is 29.6 Å². The molecule has 0 spiro atoms. The molecule has 1 heterocycles. The summed E-state index contributed by atoms with van der Waals surface area (Å²) in [6.45, 7) is -0.258. The summed E-state index contributed by atoms with van der Waals surface area (Å²) in [4.78, 5) is 28.9. The predicted molar refractivity (Wildman–Crippen MR) is 85.8 cm³/mol. The van der Waals surface area contributed by atoms with Crippen LogP contribution < -0.4 is 4.89 Å². The molecule has 7 N–H and O–H groups in total. The molecule has 0 bridgehead atoms. The predicted octanol–water partition coefficient (Wildman–Crippen LogP) is -4.21. The second-order valence-corrected chi connectivity index (χ2v) is 8.14. The number of rotatable bonds is 7. The fourth-order valence-electron chi connectivity index (χ4n) is 2.18. The Hall–Kier alpha value is -0.700. The maximum Gasteiger partial charge on any atom is 0.306 e. The second kappa shape index (κ2) is 10.7. The average Bonchev–Trinajstić information content (AvgIpc) is 2.44. The summed E-state index contributed by atoms with van der Waals surface area (Å²) in [5, 5.41) is 54.0. The monoisotopic (exact) mass is 421 g/mol. The third-order valence-corrected chi connectivity index (χ3v) is 3.73. The van der Waals surface area contributed by atoms with Crippen LogP contribution in [0.1, 0.15) is 6.42 Å². The summed E-state index contributed by atoms with van der Waals surface area (Å²) in [6, 6.07) is 0. The molecule has 0 aromatic rings. The lowest BCUT2D eigenvalue weighted by Crippen LogP contribution is -2.59. The third kappa shape index (κ3) is 11.0. The number of carbonyl (C=O) groups is 1. The molecule has 14 heteroatoms. The average molecular weight is 421 g/mol. The highest BCUT2D eigenvalue weighted by Gasteiger charge is 2.45. The molecule has 1 saturated heterocycles. The Morgan fingerprint density at radius 3 is 2.11 bits per heavy atom. The molecule has 1 aliphatic heterocycles. The van der Waals surface area contributed by atoms with Gasteiger partial charge in [0.25, 0.3) is 7.82 Å². The van der Waals surface area contributed by atoms with E-state index in [1.807, 2.05) is 21.1 Å². The van der Waals surface area contributed by atoms with Gasteiger partial charge in [-0.1, -0.05) is 0 Å². The zero-order valence-corrected chi connectivity index (χ0v) is 16.0. The zero-order chi connectivity index (χ0) is 21.6. The van der Waals surface area contributed by atoms with Crippen LogP contribution in [0.15, 0.2) is 0 Å². The second-order valence-electron chi connectivity index (χ2n) is 7.00. The van der Waals surface area contributed by atoms with Gasteiger partial charge >= 0.3 is 5.97 Å². The van der Waals surface area contributed by atoms with E-state index in [2.05, 4.69) is 9.26 Å². The first-order valence-electron chi connectivity index (χ1n) is 7.80. The standard InChI is InChI=1S/C7H15NO3.C6H13O9P/c1-8(2,3)5-6(9)4-7(10)11;7-1-2-3(8)4(9)5(10)6(14-2)15-16(11,12)13/h6,9H,4-5H2,1-3H3;2-10H,1H2,(H2,11,12,13)/t6-;2-,3-,4+,5-,6-/m01/s1. The number of quaternary nitrogens is 1. The Morgan fingerprint density at radius 1 is 1.22 bits per heavy atom. The molecule has 1 fully saturated rings. The van der Waals surface area contributed by atoms with Crippen molar-refractivity contribution in [3.05, 3.63) is 0 Å². The van der Waals surface area contributed by atoms with Crippen molar-refractivity contribution in [3.8, 4) is 0 Å². The van der Waals surface area contributed by atoms with Crippen molar-refractivity contribution in [3.63, 3.8) is 0 Å². The van der Waals surface area contributed by atoms with Crippen LogP contribution in [0.3, 0.4) is 0 Å². The SMILES string of the molecule is C[N+](C)(C)C[C@@H](O)CC(=O)O.O=P([O-])(O)O[C@H]1O[C@H](CO)[C@@H](O)[C@H](O)[C@H]1O. The zero-order valence-electron chi connectivity index (χ0n) is 15.2. The van der Waals surface area contributed by atoms with Gasteiger partial charge in [-0.25, -0.2) is 0 Å². The van der Waals surface area contributed by atoms with Crippen molar-refractivity contribution in [1.29, 1.82) is 0 Å². The third-order valence-electron chi connectivity index (χ3n) is 3.25. The Balaban J connectivity index is 0.000000541. The number of hydrogen-bond donors (Lipinski definition) is 7. The normalized spacial score (nSPS) is 32.0. The number of likely N-dealkylation sites (N-methyl/N-ethyl adjacent to an activating group) is 1. The van der Waals surface area contributed by atoms with E-state index in [0.717, 1.165) is 0 Å². The Kier molecular flexibility index (Phi) is 10.5. The number of carboxylic acids is 1. The van der Waals surface area contributed by atoms with Gasteiger partial charge in [-0.05, 0) is 0 Å². The van der Waals surface area contributed by atoms with Crippen molar-refractivity contribution in [2.75, 3.05) is 34.3 Å². The number of ether oxygens (including phenoxy) is 1. The first-order valence-corrected chi connectivity index (χ1v) is 9.30. The van der Waals surface area contributed by atoms with Gasteiger partial charge in [0.05, 0.1) is 34.2 Å². The quantitative estimate of drug-likeness (QED) is 0.154. The van der Waals surface area contributed by atoms with Crippen molar-refractivity contribution >= 4 is 13.8 Å². The summed E-state index contributed by atoms with van der Waals surface area (Å²) >= 11 is 0. The van der Waals surface area contributed by atoms with Gasteiger partial charge < -0.3 is 49.6 Å². The summed E-state index contributed by atoms with van der Waals surface area (Å²) in [7, 11) is 0.559. The molecule has 0 aromatic carbocycles. The number of aliphatic hydroxyl groups is 5. The summed E-state index contributed by atoms with van der Waals surface area (Å²) < 4.78 is 19.6. The molecule has 0 aromatic heterocycles. The van der Waals surface area contributed by atoms with Crippen LogP contribution in [0.25, 0.3) is 0 Å². The van der Waals surface area contributed by atoms with Gasteiger partial charge in [0, 0.05) is 0 Å². The van der Waals surface area contributed by atoms with Crippen LogP contribution in [0.5, 0.6) is 0 Å². The maximum atomic E-state index is 10.4. The topological polar surface area (TPSA) is 217 Å². The number of phosphoric acid groups is 1. The number of phosphoric ester groups is 1. The van der Waals surface area contributed by atoms with Crippen LogP contribution in [-0.2, 0) is 18.6 Å². The van der Waals surface area contributed by atoms with Gasteiger partial charge in [0.2, 0.25) is 0 Å². The van der Waals surface area contributed by atoms with E-state index < -0.39 is 57.2 Å². The van der Waals surface area contributed by atoms with Crippen molar-refractivity contribution in [2.45, 2.75) is 43.2 Å². The lowest BCUT2D eigenvalue weighted by molar-refractivity contribution is -0.873. The largest absolute Gasteiger partial charge is 0.756 e. The molecule has 1 rings (SSSR count). The number of nitrogens with zero attached hydrogens (tertiary/aromatic N) is 1. The van der Waals surface area contributed by atoms with Gasteiger partial charge in [-0.15, -0.1) is 0 Å². The fraction of sp³-hybridized carbons (Fsp3) is 0.923. The molecule has 0 saturated carbocycles. The van der Waals surface area contributed by atoms with Crippen LogP contribution in [0.2, 0.25) is 0 Å². The van der Waals surface area contributed by atoms with Crippen molar-refractivity contribution in [1.82, 2.24) is 0 Å². The van der Waals surface area contributed by atoms with Crippen LogP contribution in [-0.4, -0.2) is 117 Å². The van der Waals surface area contributed by atoms with E-state index in [4.69, 9.17) is 20.2 Å². The van der Waals surface area contributed by atoms with Crippen LogP contribution in [0.4, 0.5) is 0 Å². The van der Waals surface area contributed by atoms with E-state index in [1.54, 1.807) is 0 Å². The van der Waals surface area contributed by atoms with E-state index in [-0.39, 0.29) is 6.42 Å². The molecule has 0 aliphatic carbocycles. The molecule has 0 amide bonds. The Morgan fingerprint density at radius 2 is 1.74 bits per heavy atom. The van der Waals surface area contributed by atoms with Gasteiger partial charge in [0.15, 0.2) is 6.29 Å². The number of carboxylic acid groups (broad SMARTS) is 1. The van der Waals surface area contributed by atoms with Gasteiger partial charge in [-0.2, -0.15) is 0 Å². The summed E-state index contributed by atoms with van der Waals surface area (Å²) in [6.07, 6.45) is -9.35. The molecule has 27 heavy (non-hydrogen) atoms. The van der Waals surface area contributed by atoms with Crippen molar-refractivity contribution < 1.29 is 63.5 Å². The Bertz CT molecular complexity index is 504. The highest BCUT2D eigenvalue weighted by Crippen LogP contribution is 2.36. The van der Waals surface area contributed by atoms with Crippen LogP contribution in [0, 0.1) is 0 Å². The minimum Gasteiger partial charge on any atom is -0.756 e. The first kappa shape index (κ1) is 26.3. The van der Waals surface area contributed by atoms with Gasteiger partial charge in [0.1, 0.15) is 37.1 Å². The summed E-state index contributed by atoms with van der Waals surface area (Å²) in [5.74, 6) is -0.953. The minimum atomic E-state index is -5.16. The summed E-state index contributed by atoms with van der Waals surface area (Å²) in [5.41, 5.74) is 0. The highest BCUT2D eigenvalue weighted by molar-refractivity contribution is 7.44. The Labute approximate surface area is 155 Å². The maximum absolute atomic E-state index is 10.4. The lowest BCUT2D eigenvalue weighted by Gasteiger charge is -2.40. The number of aliphatic hydroxyl groups excluding tert-OH is 5. The molecule has 7 atom stereocenters. The number of hydrogen-bond acceptors (Lipinski definition) is 10. The molecule has 13 nitrogen and oxygen atoms in total. The molecule has 162 valence electrons. The first-order chi connectivity index (χ1) is 12.1. The lowest BCUT2D eigenvalue weighted by atomic mass is 10.00. The van der Waals surface area contributed by atoms with E-state index in [1.165, 1.54) is 0 Å².